The number of thioether (sulfide) groups is 1. The summed E-state index contributed by atoms with van der Waals surface area (Å²) in [4.78, 5) is 27.3. The highest BCUT2D eigenvalue weighted by molar-refractivity contribution is 7.99. The molecule has 0 aliphatic carbocycles. The Morgan fingerprint density at radius 2 is 1.96 bits per heavy atom. The van der Waals surface area contributed by atoms with Crippen LogP contribution in [0, 0.1) is 0 Å². The Balaban J connectivity index is 1.93. The van der Waals surface area contributed by atoms with E-state index in [0.717, 1.165) is 10.6 Å². The number of para-hydroxylation sites is 2. The molecule has 1 heterocycles. The van der Waals surface area contributed by atoms with Crippen molar-refractivity contribution in [1.82, 2.24) is 0 Å². The molecule has 1 aliphatic rings. The molecular weight excluding hydrogens is 308 g/mol. The number of benzene rings is 2. The summed E-state index contributed by atoms with van der Waals surface area (Å²) < 4.78 is 0. The van der Waals surface area contributed by atoms with Crippen LogP contribution in [0.3, 0.4) is 0 Å². The molecule has 4 nitrogen and oxygen atoms in total. The summed E-state index contributed by atoms with van der Waals surface area (Å²) >= 11 is 1.71. The van der Waals surface area contributed by atoms with E-state index in [2.05, 4.69) is 19.2 Å². The van der Waals surface area contributed by atoms with Gasteiger partial charge in [0, 0.05) is 15.7 Å². The average molecular weight is 326 g/mol. The molecule has 118 valence electrons. The van der Waals surface area contributed by atoms with E-state index in [0.29, 0.717) is 16.5 Å². The number of carbonyl (C=O) groups is 2. The second-order valence-corrected chi connectivity index (χ2v) is 7.30. The van der Waals surface area contributed by atoms with Gasteiger partial charge in [0.2, 0.25) is 5.91 Å². The van der Waals surface area contributed by atoms with Crippen LogP contribution in [0.15, 0.2) is 53.4 Å². The highest BCUT2D eigenvalue weighted by atomic mass is 32.2. The lowest BCUT2D eigenvalue weighted by atomic mass is 10.1. The quantitative estimate of drug-likeness (QED) is 0.873. The summed E-state index contributed by atoms with van der Waals surface area (Å²) in [6.45, 7) is 4.27. The van der Waals surface area contributed by atoms with E-state index in [4.69, 9.17) is 0 Å². The first kappa shape index (κ1) is 15.6. The van der Waals surface area contributed by atoms with Crippen LogP contribution in [0.25, 0.3) is 0 Å². The minimum Gasteiger partial charge on any atom is -0.323 e. The van der Waals surface area contributed by atoms with Crippen LogP contribution in [0.2, 0.25) is 0 Å². The zero-order valence-electron chi connectivity index (χ0n) is 13.1. The van der Waals surface area contributed by atoms with Gasteiger partial charge in [-0.25, -0.2) is 0 Å². The van der Waals surface area contributed by atoms with Gasteiger partial charge in [-0.1, -0.05) is 32.0 Å². The van der Waals surface area contributed by atoms with E-state index in [1.807, 2.05) is 36.4 Å². The van der Waals surface area contributed by atoms with E-state index in [9.17, 15) is 9.59 Å². The smallest absolute Gasteiger partial charge is 0.258 e. The lowest BCUT2D eigenvalue weighted by molar-refractivity contribution is -0.115. The summed E-state index contributed by atoms with van der Waals surface area (Å²) in [5, 5.41) is 3.24. The van der Waals surface area contributed by atoms with Crippen molar-refractivity contribution in [2.45, 2.75) is 24.0 Å². The Bertz CT molecular complexity index is 758. The zero-order chi connectivity index (χ0) is 16.4. The van der Waals surface area contributed by atoms with E-state index in [1.54, 1.807) is 23.9 Å². The number of nitrogens with zero attached hydrogens (tertiary/aromatic N) is 1. The highest BCUT2D eigenvalue weighted by Crippen LogP contribution is 2.31. The van der Waals surface area contributed by atoms with Crippen molar-refractivity contribution in [2.24, 2.45) is 0 Å². The number of hydrogen-bond donors (Lipinski definition) is 1. The Labute approximate surface area is 139 Å². The van der Waals surface area contributed by atoms with Crippen LogP contribution in [0.5, 0.6) is 0 Å². The fraction of sp³-hybridized carbons (Fsp3) is 0.222. The molecule has 1 aliphatic heterocycles. The summed E-state index contributed by atoms with van der Waals surface area (Å²) in [7, 11) is 0. The van der Waals surface area contributed by atoms with Crippen LogP contribution in [0.1, 0.15) is 24.2 Å². The summed E-state index contributed by atoms with van der Waals surface area (Å²) in [6.07, 6.45) is 0. The topological polar surface area (TPSA) is 49.4 Å². The summed E-state index contributed by atoms with van der Waals surface area (Å²) in [5.41, 5.74) is 2.00. The Morgan fingerprint density at radius 3 is 2.74 bits per heavy atom. The third-order valence-electron chi connectivity index (χ3n) is 3.47. The van der Waals surface area contributed by atoms with Crippen LogP contribution >= 0.6 is 11.8 Å². The van der Waals surface area contributed by atoms with E-state index in [-0.39, 0.29) is 18.4 Å². The van der Waals surface area contributed by atoms with Crippen LogP contribution in [-0.4, -0.2) is 23.6 Å². The Morgan fingerprint density at radius 1 is 1.17 bits per heavy atom. The molecule has 0 saturated carbocycles. The lowest BCUT2D eigenvalue weighted by Gasteiger charge is -2.29. The predicted octanol–water partition coefficient (Wildman–Crippen LogP) is 3.79. The van der Waals surface area contributed by atoms with Crippen LogP contribution in [-0.2, 0) is 4.79 Å². The number of hydrogen-bond acceptors (Lipinski definition) is 3. The first-order valence-electron chi connectivity index (χ1n) is 7.52. The molecule has 5 heteroatoms. The van der Waals surface area contributed by atoms with Crippen molar-refractivity contribution in [3.05, 3.63) is 54.1 Å². The maximum absolute atomic E-state index is 12.9. The molecular formula is C18H18N2O2S. The van der Waals surface area contributed by atoms with Gasteiger partial charge in [0.1, 0.15) is 6.54 Å². The van der Waals surface area contributed by atoms with E-state index < -0.39 is 0 Å². The Hall–Kier alpha value is -2.27. The summed E-state index contributed by atoms with van der Waals surface area (Å²) in [6, 6.07) is 14.9. The lowest BCUT2D eigenvalue weighted by Crippen LogP contribution is -2.42. The van der Waals surface area contributed by atoms with Crippen molar-refractivity contribution in [2.75, 3.05) is 16.8 Å². The van der Waals surface area contributed by atoms with Crippen LogP contribution in [0.4, 0.5) is 11.4 Å². The first-order chi connectivity index (χ1) is 11.0. The third-order valence-corrected chi connectivity index (χ3v) is 4.47. The second-order valence-electron chi connectivity index (χ2n) is 5.65. The van der Waals surface area contributed by atoms with Gasteiger partial charge in [0.05, 0.1) is 11.4 Å². The highest BCUT2D eigenvalue weighted by Gasteiger charge is 2.27. The molecule has 1 N–H and O–H groups in total. The second kappa shape index (κ2) is 6.46. The van der Waals surface area contributed by atoms with Crippen molar-refractivity contribution >= 4 is 35.0 Å². The molecule has 2 amide bonds. The average Bonchev–Trinajstić information content (AvgIpc) is 2.53. The monoisotopic (exact) mass is 326 g/mol. The molecule has 0 fully saturated rings. The fourth-order valence-corrected chi connectivity index (χ4v) is 3.44. The fourth-order valence-electron chi connectivity index (χ4n) is 2.54. The SMILES string of the molecule is CC(C)Sc1cccc(C(=O)N2CC(=O)Nc3ccccc32)c1. The molecule has 0 spiro atoms. The largest absolute Gasteiger partial charge is 0.323 e. The molecule has 3 rings (SSSR count). The predicted molar refractivity (Wildman–Crippen MR) is 94.2 cm³/mol. The maximum atomic E-state index is 12.9. The van der Waals surface area contributed by atoms with Gasteiger partial charge in [-0.3, -0.25) is 14.5 Å². The number of carbonyl (C=O) groups excluding carboxylic acids is 2. The maximum Gasteiger partial charge on any atom is 0.258 e. The van der Waals surface area contributed by atoms with Gasteiger partial charge >= 0.3 is 0 Å². The van der Waals surface area contributed by atoms with Crippen molar-refractivity contribution in [3.63, 3.8) is 0 Å². The molecule has 0 bridgehead atoms. The normalized spacial score (nSPS) is 13.7. The van der Waals surface area contributed by atoms with Gasteiger partial charge in [0.25, 0.3) is 5.91 Å². The standard InChI is InChI=1S/C18H18N2O2S/c1-12(2)23-14-7-5-6-13(10-14)18(22)20-11-17(21)19-15-8-3-4-9-16(15)20/h3-10,12H,11H2,1-2H3,(H,19,21). The minimum absolute atomic E-state index is 0.0391. The molecule has 0 atom stereocenters. The van der Waals surface area contributed by atoms with E-state index in [1.165, 1.54) is 4.90 Å². The molecule has 0 aromatic heterocycles. The van der Waals surface area contributed by atoms with Crippen LogP contribution < -0.4 is 10.2 Å². The number of fused-ring (bicyclic) bond motifs is 1. The number of rotatable bonds is 3. The molecule has 2 aromatic rings. The first-order valence-corrected chi connectivity index (χ1v) is 8.40. The number of amides is 2. The molecule has 23 heavy (non-hydrogen) atoms. The third kappa shape index (κ3) is 3.40. The number of anilines is 2. The molecule has 0 saturated heterocycles. The minimum atomic E-state index is -0.176. The Kier molecular flexibility index (Phi) is 4.39. The van der Waals surface area contributed by atoms with Gasteiger partial charge < -0.3 is 5.32 Å². The van der Waals surface area contributed by atoms with Gasteiger partial charge in [-0.2, -0.15) is 0 Å². The van der Waals surface area contributed by atoms with Gasteiger partial charge in [0.15, 0.2) is 0 Å². The van der Waals surface area contributed by atoms with Gasteiger partial charge in [-0.15, -0.1) is 11.8 Å². The zero-order valence-corrected chi connectivity index (χ0v) is 13.9. The molecule has 0 radical (unpaired) electrons. The van der Waals surface area contributed by atoms with Gasteiger partial charge in [-0.05, 0) is 30.3 Å². The van der Waals surface area contributed by atoms with Crippen molar-refractivity contribution < 1.29 is 9.59 Å². The molecule has 0 unspecified atom stereocenters. The molecule has 2 aromatic carbocycles. The van der Waals surface area contributed by atoms with Crippen molar-refractivity contribution in [1.29, 1.82) is 0 Å². The van der Waals surface area contributed by atoms with E-state index >= 15 is 0 Å². The summed E-state index contributed by atoms with van der Waals surface area (Å²) in [5.74, 6) is -0.330. The number of nitrogens with one attached hydrogen (secondary N) is 1. The van der Waals surface area contributed by atoms with Crippen molar-refractivity contribution in [3.8, 4) is 0 Å².